The summed E-state index contributed by atoms with van der Waals surface area (Å²) in [5.41, 5.74) is 6.97. The first kappa shape index (κ1) is 28.3. The minimum Gasteiger partial charge on any atom is -0.494 e. The molecule has 0 saturated carbocycles. The molecule has 1 atom stereocenters. The van der Waals surface area contributed by atoms with Gasteiger partial charge in [0.05, 0.1) is 46.1 Å². The van der Waals surface area contributed by atoms with E-state index in [1.165, 1.54) is 0 Å². The second-order valence-electron chi connectivity index (χ2n) is 6.60. The van der Waals surface area contributed by atoms with Crippen LogP contribution in [0, 0.1) is 0 Å². The molecule has 7 heteroatoms. The summed E-state index contributed by atoms with van der Waals surface area (Å²) in [7, 11) is 0. The van der Waals surface area contributed by atoms with Crippen molar-refractivity contribution in [3.8, 4) is 5.75 Å². The summed E-state index contributed by atoms with van der Waals surface area (Å²) in [5, 5.41) is 8.45. The lowest BCUT2D eigenvalue weighted by Gasteiger charge is -2.10. The van der Waals surface area contributed by atoms with Crippen molar-refractivity contribution in [2.45, 2.75) is 58.9 Å². The molecule has 0 spiro atoms. The largest absolute Gasteiger partial charge is 0.494 e. The summed E-state index contributed by atoms with van der Waals surface area (Å²) in [6, 6.07) is 7.97. The molecule has 1 aromatic rings. The molecule has 30 heavy (non-hydrogen) atoms. The van der Waals surface area contributed by atoms with Gasteiger partial charge in [-0.15, -0.1) is 0 Å². The van der Waals surface area contributed by atoms with E-state index >= 15 is 0 Å². The number of rotatable bonds is 18. The molecule has 7 nitrogen and oxygen atoms in total. The molecule has 0 aliphatic carbocycles. The Morgan fingerprint density at radius 3 is 2.07 bits per heavy atom. The van der Waals surface area contributed by atoms with Crippen LogP contribution in [0.5, 0.6) is 5.75 Å². The molecule has 0 aromatic heterocycles. The fourth-order valence-corrected chi connectivity index (χ4v) is 2.44. The maximum atomic E-state index is 10.3. The molecular weight excluding hydrogens is 386 g/mol. The molecule has 0 unspecified atom stereocenters. The highest BCUT2D eigenvalue weighted by molar-refractivity contribution is 5.66. The van der Waals surface area contributed by atoms with E-state index in [0.29, 0.717) is 33.0 Å². The fraction of sp³-hybridized carbons (Fsp3) is 0.696. The molecule has 0 radical (unpaired) electrons. The number of carboxylic acids is 1. The average molecular weight is 428 g/mol. The predicted octanol–water partition coefficient (Wildman–Crippen LogP) is 4.20. The van der Waals surface area contributed by atoms with Gasteiger partial charge in [-0.25, -0.2) is 0 Å². The summed E-state index contributed by atoms with van der Waals surface area (Å²) in [6.07, 6.45) is 4.30. The zero-order valence-electron chi connectivity index (χ0n) is 18.9. The number of hydrogen-bond acceptors (Lipinski definition) is 6. The van der Waals surface area contributed by atoms with Crippen molar-refractivity contribution in [1.82, 2.24) is 0 Å². The van der Waals surface area contributed by atoms with Crippen LogP contribution < -0.4 is 10.5 Å². The van der Waals surface area contributed by atoms with Gasteiger partial charge in [0.1, 0.15) is 5.75 Å². The quantitative estimate of drug-likeness (QED) is 0.339. The van der Waals surface area contributed by atoms with Gasteiger partial charge >= 0.3 is 5.97 Å². The van der Waals surface area contributed by atoms with Crippen molar-refractivity contribution in [2.75, 3.05) is 46.2 Å². The molecule has 0 aliphatic rings. The number of hydrogen-bond donors (Lipinski definition) is 2. The van der Waals surface area contributed by atoms with E-state index < -0.39 is 5.97 Å². The normalized spacial score (nSPS) is 11.5. The van der Waals surface area contributed by atoms with Crippen molar-refractivity contribution in [3.05, 3.63) is 29.8 Å². The predicted molar refractivity (Wildman–Crippen MR) is 119 cm³/mol. The number of benzene rings is 1. The van der Waals surface area contributed by atoms with Gasteiger partial charge in [0.2, 0.25) is 0 Å². The highest BCUT2D eigenvalue weighted by atomic mass is 16.5. The summed E-state index contributed by atoms with van der Waals surface area (Å²) >= 11 is 0. The van der Waals surface area contributed by atoms with Crippen LogP contribution in [0.4, 0.5) is 0 Å². The topological polar surface area (TPSA) is 100 Å². The number of ether oxygens (including phenoxy) is 4. The van der Waals surface area contributed by atoms with Crippen molar-refractivity contribution in [3.63, 3.8) is 0 Å². The zero-order chi connectivity index (χ0) is 22.5. The van der Waals surface area contributed by atoms with Crippen LogP contribution >= 0.6 is 0 Å². The monoisotopic (exact) mass is 427 g/mol. The number of carboxylic acid groups (broad SMARTS) is 1. The minimum atomic E-state index is -0.853. The van der Waals surface area contributed by atoms with Gasteiger partial charge in [-0.2, -0.15) is 0 Å². The van der Waals surface area contributed by atoms with Gasteiger partial charge in [-0.1, -0.05) is 32.4 Å². The number of carbonyl (C=O) groups is 1. The third kappa shape index (κ3) is 17.2. The second-order valence-corrected chi connectivity index (χ2v) is 6.60. The van der Waals surface area contributed by atoms with E-state index in [9.17, 15) is 4.79 Å². The lowest BCUT2D eigenvalue weighted by Crippen LogP contribution is -2.11. The smallest absolute Gasteiger partial charge is 0.305 e. The van der Waals surface area contributed by atoms with E-state index in [4.69, 9.17) is 29.8 Å². The molecule has 3 N–H and O–H groups in total. The Balaban J connectivity index is 0.00000407. The number of unbranched alkanes of at least 4 members (excludes halogenated alkanes) is 3. The summed E-state index contributed by atoms with van der Waals surface area (Å²) in [6.45, 7) is 9.58. The van der Waals surface area contributed by atoms with Crippen LogP contribution in [0.2, 0.25) is 0 Å². The SMILES string of the molecule is CC.C[C@@H](N)c1cccc(OCCCCCCOCCOCCOCCC(=O)O)c1. The minimum absolute atomic E-state index is 0.0195. The first-order valence-corrected chi connectivity index (χ1v) is 11.0. The van der Waals surface area contributed by atoms with Crippen LogP contribution in [0.1, 0.15) is 64.5 Å². The number of nitrogens with two attached hydrogens (primary N) is 1. The molecule has 0 aliphatic heterocycles. The lowest BCUT2D eigenvalue weighted by molar-refractivity contribution is -0.138. The third-order valence-electron chi connectivity index (χ3n) is 4.04. The molecule has 0 bridgehead atoms. The molecule has 1 rings (SSSR count). The first-order valence-electron chi connectivity index (χ1n) is 11.0. The van der Waals surface area contributed by atoms with E-state index in [0.717, 1.165) is 43.6 Å². The van der Waals surface area contributed by atoms with Crippen molar-refractivity contribution >= 4 is 5.97 Å². The van der Waals surface area contributed by atoms with Gasteiger partial charge in [0.25, 0.3) is 0 Å². The second kappa shape index (κ2) is 20.6. The Kier molecular flexibility index (Phi) is 19.5. The summed E-state index contributed by atoms with van der Waals surface area (Å²) in [5.74, 6) is 0.0271. The van der Waals surface area contributed by atoms with Crippen molar-refractivity contribution < 1.29 is 28.8 Å². The van der Waals surface area contributed by atoms with Gasteiger partial charge in [-0.3, -0.25) is 4.79 Å². The molecule has 1 aromatic carbocycles. The van der Waals surface area contributed by atoms with E-state index in [1.54, 1.807) is 0 Å². The van der Waals surface area contributed by atoms with Gasteiger partial charge in [0, 0.05) is 12.6 Å². The van der Waals surface area contributed by atoms with Crippen LogP contribution in [-0.4, -0.2) is 57.3 Å². The van der Waals surface area contributed by atoms with Crippen LogP contribution in [-0.2, 0) is 19.0 Å². The van der Waals surface area contributed by atoms with E-state index in [1.807, 2.05) is 45.0 Å². The van der Waals surface area contributed by atoms with Crippen LogP contribution in [0.15, 0.2) is 24.3 Å². The Morgan fingerprint density at radius 2 is 1.47 bits per heavy atom. The van der Waals surface area contributed by atoms with Crippen LogP contribution in [0.25, 0.3) is 0 Å². The highest BCUT2D eigenvalue weighted by Crippen LogP contribution is 2.17. The first-order chi connectivity index (χ1) is 14.6. The molecule has 0 fully saturated rings. The standard InChI is InChI=1S/C21H35NO6.C2H6/c1-18(22)19-7-6-8-20(17-19)28-11-5-3-2-4-10-25-13-15-27-16-14-26-12-9-21(23)24;1-2/h6-8,17-18H,2-5,9-16,22H2,1H3,(H,23,24);1-2H3/t18-;/m1./s1. The van der Waals surface area contributed by atoms with Crippen molar-refractivity contribution in [2.24, 2.45) is 5.73 Å². The Labute approximate surface area is 181 Å². The van der Waals surface area contributed by atoms with Gasteiger partial charge in [0.15, 0.2) is 0 Å². The molecule has 0 amide bonds. The highest BCUT2D eigenvalue weighted by Gasteiger charge is 2.01. The fourth-order valence-electron chi connectivity index (χ4n) is 2.44. The van der Waals surface area contributed by atoms with E-state index in [2.05, 4.69) is 0 Å². The third-order valence-corrected chi connectivity index (χ3v) is 4.04. The number of aliphatic carboxylic acids is 1. The maximum absolute atomic E-state index is 10.3. The molecule has 0 saturated heterocycles. The Hall–Kier alpha value is -1.67. The molecule has 174 valence electrons. The summed E-state index contributed by atoms with van der Waals surface area (Å²) in [4.78, 5) is 10.3. The Morgan fingerprint density at radius 1 is 0.900 bits per heavy atom. The van der Waals surface area contributed by atoms with Crippen LogP contribution in [0.3, 0.4) is 0 Å². The summed E-state index contributed by atoms with van der Waals surface area (Å²) < 4.78 is 21.8. The van der Waals surface area contributed by atoms with Gasteiger partial charge in [-0.05, 0) is 43.9 Å². The molecule has 0 heterocycles. The average Bonchev–Trinajstić information content (AvgIpc) is 2.75. The van der Waals surface area contributed by atoms with Crippen molar-refractivity contribution in [1.29, 1.82) is 0 Å². The zero-order valence-corrected chi connectivity index (χ0v) is 18.9. The van der Waals surface area contributed by atoms with Gasteiger partial charge < -0.3 is 29.8 Å². The molecular formula is C23H41NO6. The maximum Gasteiger partial charge on any atom is 0.305 e. The lowest BCUT2D eigenvalue weighted by atomic mass is 10.1. The van der Waals surface area contributed by atoms with E-state index in [-0.39, 0.29) is 19.1 Å². The Bertz CT molecular complexity index is 524.